The molecule has 0 spiro atoms. The summed E-state index contributed by atoms with van der Waals surface area (Å²) in [4.78, 5) is 27.7. The summed E-state index contributed by atoms with van der Waals surface area (Å²) in [6, 6.07) is 16.5. The highest BCUT2D eigenvalue weighted by molar-refractivity contribution is 7.91. The lowest BCUT2D eigenvalue weighted by atomic mass is 10.1. The Kier molecular flexibility index (Phi) is 9.26. The molecule has 2 aromatic carbocycles. The Morgan fingerprint density at radius 1 is 0.846 bits per heavy atom. The van der Waals surface area contributed by atoms with E-state index in [0.29, 0.717) is 62.0 Å². The van der Waals surface area contributed by atoms with Gasteiger partial charge in [-0.1, -0.05) is 18.2 Å². The van der Waals surface area contributed by atoms with Crippen LogP contribution in [0.5, 0.6) is 0 Å². The van der Waals surface area contributed by atoms with Gasteiger partial charge in [-0.3, -0.25) is 14.5 Å². The molecule has 0 radical (unpaired) electrons. The molecule has 0 atom stereocenters. The van der Waals surface area contributed by atoms with Gasteiger partial charge in [0, 0.05) is 50.5 Å². The Balaban J connectivity index is 1.38. The van der Waals surface area contributed by atoms with Crippen LogP contribution < -0.4 is 21.3 Å². The van der Waals surface area contributed by atoms with Gasteiger partial charge in [0.25, 0.3) is 11.8 Å². The van der Waals surface area contributed by atoms with Gasteiger partial charge in [0.2, 0.25) is 0 Å². The van der Waals surface area contributed by atoms with E-state index in [4.69, 9.17) is 4.42 Å². The number of anilines is 3. The predicted octanol–water partition coefficient (Wildman–Crippen LogP) is 3.13. The quantitative estimate of drug-likeness (QED) is 0.266. The molecule has 2 heterocycles. The number of benzene rings is 2. The summed E-state index contributed by atoms with van der Waals surface area (Å²) in [5.41, 5.74) is 3.73. The number of carbonyl (C=O) groups excluding carboxylic acids is 2. The molecule has 10 nitrogen and oxygen atoms in total. The van der Waals surface area contributed by atoms with Gasteiger partial charge >= 0.3 is 0 Å². The summed E-state index contributed by atoms with van der Waals surface area (Å²) >= 11 is 0. The first-order valence-electron chi connectivity index (χ1n) is 13.0. The third-order valence-corrected chi connectivity index (χ3v) is 8.15. The van der Waals surface area contributed by atoms with Crippen molar-refractivity contribution in [3.05, 3.63) is 77.2 Å². The third kappa shape index (κ3) is 8.08. The number of para-hydroxylation sites is 1. The molecule has 1 saturated heterocycles. The minimum absolute atomic E-state index is 0.147. The molecular formula is C28H35N5O5S. The molecule has 0 aliphatic carbocycles. The predicted molar refractivity (Wildman–Crippen MR) is 153 cm³/mol. The number of carbonyl (C=O) groups is 2. The van der Waals surface area contributed by atoms with Crippen molar-refractivity contribution in [1.82, 2.24) is 10.2 Å². The van der Waals surface area contributed by atoms with Crippen LogP contribution in [0.1, 0.15) is 32.2 Å². The lowest BCUT2D eigenvalue weighted by Crippen LogP contribution is -2.43. The Morgan fingerprint density at radius 2 is 1.56 bits per heavy atom. The van der Waals surface area contributed by atoms with Crippen LogP contribution in [0.3, 0.4) is 0 Å². The van der Waals surface area contributed by atoms with Crippen LogP contribution in [0, 0.1) is 13.8 Å². The van der Waals surface area contributed by atoms with E-state index >= 15 is 0 Å². The summed E-state index contributed by atoms with van der Waals surface area (Å²) in [5.74, 6) is 0.402. The van der Waals surface area contributed by atoms with Crippen molar-refractivity contribution in [3.8, 4) is 0 Å². The zero-order chi connectivity index (χ0) is 27.8. The second-order valence-electron chi connectivity index (χ2n) is 9.54. The van der Waals surface area contributed by atoms with Crippen molar-refractivity contribution >= 4 is 38.7 Å². The monoisotopic (exact) mass is 553 g/mol. The number of furan rings is 1. The van der Waals surface area contributed by atoms with E-state index in [1.165, 1.54) is 0 Å². The molecule has 11 heteroatoms. The Morgan fingerprint density at radius 3 is 2.26 bits per heavy atom. The molecule has 4 N–H and O–H groups in total. The summed E-state index contributed by atoms with van der Waals surface area (Å²) in [5, 5.41) is 12.5. The number of nitrogens with one attached hydrogen (secondary N) is 4. The average molecular weight is 554 g/mol. The third-order valence-electron chi connectivity index (χ3n) is 6.55. The van der Waals surface area contributed by atoms with E-state index in [1.807, 2.05) is 36.1 Å². The van der Waals surface area contributed by atoms with E-state index < -0.39 is 15.7 Å². The summed E-state index contributed by atoms with van der Waals surface area (Å²) < 4.78 is 28.7. The maximum Gasteiger partial charge on any atom is 0.291 e. The lowest BCUT2D eigenvalue weighted by Gasteiger charge is -2.26. The molecule has 39 heavy (non-hydrogen) atoms. The Labute approximate surface area is 229 Å². The first-order valence-corrected chi connectivity index (χ1v) is 14.8. The normalized spacial score (nSPS) is 14.9. The van der Waals surface area contributed by atoms with E-state index in [1.54, 1.807) is 37.3 Å². The van der Waals surface area contributed by atoms with Crippen LogP contribution in [0.25, 0.3) is 0 Å². The minimum Gasteiger partial charge on any atom is -0.456 e. The Hall–Kier alpha value is -3.83. The number of sulfone groups is 1. The molecule has 0 unspecified atom stereocenters. The first kappa shape index (κ1) is 28.2. The highest BCUT2D eigenvalue weighted by Crippen LogP contribution is 2.25. The van der Waals surface area contributed by atoms with Gasteiger partial charge in [-0.25, -0.2) is 8.42 Å². The number of nitrogens with zero attached hydrogens (tertiary/aromatic N) is 1. The van der Waals surface area contributed by atoms with E-state index in [0.717, 1.165) is 11.3 Å². The second-order valence-corrected chi connectivity index (χ2v) is 11.8. The summed E-state index contributed by atoms with van der Waals surface area (Å²) in [7, 11) is -2.94. The van der Waals surface area contributed by atoms with Crippen LogP contribution in [0.4, 0.5) is 17.1 Å². The van der Waals surface area contributed by atoms with Crippen LogP contribution in [-0.2, 0) is 9.84 Å². The van der Waals surface area contributed by atoms with Gasteiger partial charge in [-0.05, 0) is 55.8 Å². The van der Waals surface area contributed by atoms with Gasteiger partial charge in [-0.2, -0.15) is 0 Å². The number of hydrogen-bond acceptors (Lipinski definition) is 8. The molecule has 208 valence electrons. The van der Waals surface area contributed by atoms with Crippen molar-refractivity contribution in [2.45, 2.75) is 13.8 Å². The fourth-order valence-electron chi connectivity index (χ4n) is 4.25. The number of aryl methyl sites for hydroxylation is 2. The maximum absolute atomic E-state index is 12.9. The van der Waals surface area contributed by atoms with Crippen molar-refractivity contribution < 1.29 is 22.4 Å². The van der Waals surface area contributed by atoms with E-state index in [9.17, 15) is 18.0 Å². The number of hydrogen-bond donors (Lipinski definition) is 4. The van der Waals surface area contributed by atoms with Gasteiger partial charge in [0.1, 0.15) is 5.76 Å². The average Bonchev–Trinajstić information content (AvgIpc) is 3.35. The summed E-state index contributed by atoms with van der Waals surface area (Å²) in [6.45, 7) is 6.93. The highest BCUT2D eigenvalue weighted by Gasteiger charge is 2.21. The van der Waals surface area contributed by atoms with Crippen molar-refractivity contribution in [3.63, 3.8) is 0 Å². The molecule has 1 aromatic heterocycles. The number of rotatable bonds is 11. The van der Waals surface area contributed by atoms with E-state index in [-0.39, 0.29) is 23.2 Å². The van der Waals surface area contributed by atoms with E-state index in [2.05, 4.69) is 21.3 Å². The molecule has 1 aliphatic rings. The zero-order valence-electron chi connectivity index (χ0n) is 22.2. The standard InChI is InChI=1S/C28H35N5O5S/c1-20-5-3-4-6-23(20)29-11-12-30-24-9-8-22(19-25(24)32-28(35)26-10-7-21(2)38-26)27(34)31-13-14-33-15-17-39(36,37)18-16-33/h3-10,19,29-30H,11-18H2,1-2H3,(H,31,34)(H,32,35). The maximum atomic E-state index is 12.9. The van der Waals surface area contributed by atoms with Gasteiger partial charge in [-0.15, -0.1) is 0 Å². The summed E-state index contributed by atoms with van der Waals surface area (Å²) in [6.07, 6.45) is 0. The lowest BCUT2D eigenvalue weighted by molar-refractivity contribution is 0.0946. The molecule has 0 saturated carbocycles. The van der Waals surface area contributed by atoms with Gasteiger partial charge in [0.15, 0.2) is 15.6 Å². The molecule has 4 rings (SSSR count). The van der Waals surface area contributed by atoms with Crippen LogP contribution in [-0.4, -0.2) is 75.9 Å². The van der Waals surface area contributed by atoms with Crippen molar-refractivity contribution in [2.75, 3.05) is 66.7 Å². The fourth-order valence-corrected chi connectivity index (χ4v) is 5.53. The second kappa shape index (κ2) is 12.8. The Bertz CT molecular complexity index is 1410. The van der Waals surface area contributed by atoms with Crippen molar-refractivity contribution in [1.29, 1.82) is 0 Å². The van der Waals surface area contributed by atoms with Crippen LogP contribution in [0.2, 0.25) is 0 Å². The smallest absolute Gasteiger partial charge is 0.291 e. The topological polar surface area (TPSA) is 133 Å². The number of amides is 2. The molecule has 1 aliphatic heterocycles. The molecule has 2 amide bonds. The molecular weight excluding hydrogens is 518 g/mol. The van der Waals surface area contributed by atoms with Gasteiger partial charge < -0.3 is 25.7 Å². The van der Waals surface area contributed by atoms with Crippen LogP contribution in [0.15, 0.2) is 59.0 Å². The fraction of sp³-hybridized carbons (Fsp3) is 0.357. The largest absolute Gasteiger partial charge is 0.456 e. The van der Waals surface area contributed by atoms with Crippen molar-refractivity contribution in [2.24, 2.45) is 0 Å². The van der Waals surface area contributed by atoms with Gasteiger partial charge in [0.05, 0.1) is 22.9 Å². The zero-order valence-corrected chi connectivity index (χ0v) is 23.1. The molecule has 3 aromatic rings. The van der Waals surface area contributed by atoms with Crippen LogP contribution >= 0.6 is 0 Å². The molecule has 0 bridgehead atoms. The SMILES string of the molecule is Cc1ccc(C(=O)Nc2cc(C(=O)NCCN3CCS(=O)(=O)CC3)ccc2NCCNc2ccccc2C)o1. The minimum atomic E-state index is -2.94. The highest BCUT2D eigenvalue weighted by atomic mass is 32.2. The molecule has 1 fully saturated rings. The first-order chi connectivity index (χ1) is 18.7.